The van der Waals surface area contributed by atoms with Gasteiger partial charge in [-0.1, -0.05) is 115 Å². The van der Waals surface area contributed by atoms with Crippen molar-refractivity contribution in [3.63, 3.8) is 0 Å². The van der Waals surface area contributed by atoms with E-state index in [1.54, 1.807) is 0 Å². The van der Waals surface area contributed by atoms with E-state index in [2.05, 4.69) is 155 Å². The van der Waals surface area contributed by atoms with E-state index >= 15 is 0 Å². The van der Waals surface area contributed by atoms with E-state index in [9.17, 15) is 0 Å². The number of pyridine rings is 1. The minimum Gasteiger partial charge on any atom is -0.310 e. The van der Waals surface area contributed by atoms with Crippen molar-refractivity contribution >= 4 is 28.2 Å². The van der Waals surface area contributed by atoms with Gasteiger partial charge in [0.1, 0.15) is 11.3 Å². The van der Waals surface area contributed by atoms with Crippen molar-refractivity contribution < 1.29 is 0 Å². The van der Waals surface area contributed by atoms with Gasteiger partial charge in [0.15, 0.2) is 5.65 Å². The highest BCUT2D eigenvalue weighted by molar-refractivity contribution is 5.90. The normalized spacial score (nSPS) is 13.2. The summed E-state index contributed by atoms with van der Waals surface area (Å²) in [7, 11) is 0. The molecule has 0 aliphatic carbocycles. The van der Waals surface area contributed by atoms with E-state index < -0.39 is 5.41 Å². The number of hydrogen-bond acceptors (Lipinski definition) is 3. The minimum atomic E-state index is -0.486. The Morgan fingerprint density at radius 2 is 0.979 bits per heavy atom. The average molecular weight is 603 g/mol. The van der Waals surface area contributed by atoms with Crippen molar-refractivity contribution in [1.82, 2.24) is 14.5 Å². The first kappa shape index (κ1) is 27.1. The Kier molecular flexibility index (Phi) is 6.32. The molecule has 6 aromatic carbocycles. The van der Waals surface area contributed by atoms with E-state index in [4.69, 9.17) is 9.97 Å². The predicted octanol–water partition coefficient (Wildman–Crippen LogP) is 10.3. The summed E-state index contributed by atoms with van der Waals surface area (Å²) >= 11 is 0. The van der Waals surface area contributed by atoms with Crippen molar-refractivity contribution in [3.8, 4) is 17.1 Å². The van der Waals surface area contributed by atoms with Crippen LogP contribution in [0.4, 0.5) is 17.1 Å². The fraction of sp³-hybridized carbons (Fsp3) is 0.0233. The van der Waals surface area contributed by atoms with Crippen molar-refractivity contribution in [2.75, 3.05) is 4.90 Å². The Morgan fingerprint density at radius 3 is 1.57 bits per heavy atom. The SMILES string of the molecule is c1ccc(-n2c(-c3ccc(N4c5ccccc5C(c5ccccc5)(c5ccccc5)c5ccccc54)cc3)nc3cccnc32)cc1. The smallest absolute Gasteiger partial charge is 0.164 e. The fourth-order valence-electron chi connectivity index (χ4n) is 7.38. The van der Waals surface area contributed by atoms with Gasteiger partial charge < -0.3 is 4.90 Å². The third kappa shape index (κ3) is 4.15. The Balaban J connectivity index is 1.24. The number of imidazole rings is 1. The zero-order valence-electron chi connectivity index (χ0n) is 25.6. The number of nitrogens with zero attached hydrogens (tertiary/aromatic N) is 4. The molecule has 0 unspecified atom stereocenters. The Labute approximate surface area is 273 Å². The third-order valence-corrected chi connectivity index (χ3v) is 9.33. The van der Waals surface area contributed by atoms with Crippen LogP contribution < -0.4 is 4.90 Å². The molecule has 47 heavy (non-hydrogen) atoms. The fourth-order valence-corrected chi connectivity index (χ4v) is 7.38. The standard InChI is InChI=1S/C43H30N4/c1-4-15-32(16-5-1)43(33-17-6-2-7-18-33)36-21-10-12-24-39(36)46(40-25-13-11-22-37(40)43)35-28-26-31(27-29-35)41-45-38-23-14-30-44-42(38)47(41)34-19-8-3-9-20-34/h1-30H. The number of fused-ring (bicyclic) bond motifs is 3. The van der Waals surface area contributed by atoms with Crippen LogP contribution in [0.1, 0.15) is 22.3 Å². The van der Waals surface area contributed by atoms with Crippen molar-refractivity contribution in [1.29, 1.82) is 0 Å². The monoisotopic (exact) mass is 602 g/mol. The van der Waals surface area contributed by atoms with Crippen LogP contribution in [-0.2, 0) is 5.41 Å². The number of benzene rings is 6. The first-order valence-corrected chi connectivity index (χ1v) is 15.9. The second kappa shape index (κ2) is 11.0. The quantitative estimate of drug-likeness (QED) is 0.197. The Morgan fingerprint density at radius 1 is 0.447 bits per heavy atom. The molecule has 222 valence electrons. The first-order valence-electron chi connectivity index (χ1n) is 15.9. The zero-order valence-corrected chi connectivity index (χ0v) is 25.6. The highest BCUT2D eigenvalue weighted by Gasteiger charge is 2.46. The van der Waals surface area contributed by atoms with Gasteiger partial charge in [0.2, 0.25) is 0 Å². The molecule has 2 aromatic heterocycles. The van der Waals surface area contributed by atoms with E-state index in [0.29, 0.717) is 0 Å². The van der Waals surface area contributed by atoms with Gasteiger partial charge in [0.05, 0.1) is 16.8 Å². The number of anilines is 3. The first-order chi connectivity index (χ1) is 23.3. The summed E-state index contributed by atoms with van der Waals surface area (Å²) in [6.45, 7) is 0. The molecule has 0 amide bonds. The summed E-state index contributed by atoms with van der Waals surface area (Å²) in [6, 6.07) is 62.6. The van der Waals surface area contributed by atoms with Crippen LogP contribution in [0.5, 0.6) is 0 Å². The number of rotatable bonds is 5. The van der Waals surface area contributed by atoms with Gasteiger partial charge in [-0.3, -0.25) is 4.57 Å². The molecule has 0 bridgehead atoms. The van der Waals surface area contributed by atoms with Crippen LogP contribution in [-0.4, -0.2) is 14.5 Å². The lowest BCUT2D eigenvalue weighted by molar-refractivity contribution is 0.731. The molecule has 3 heterocycles. The van der Waals surface area contributed by atoms with Gasteiger partial charge in [0, 0.05) is 23.1 Å². The van der Waals surface area contributed by atoms with Gasteiger partial charge in [-0.25, -0.2) is 9.97 Å². The predicted molar refractivity (Wildman–Crippen MR) is 191 cm³/mol. The molecule has 0 radical (unpaired) electrons. The lowest BCUT2D eigenvalue weighted by atomic mass is 9.62. The number of aromatic nitrogens is 3. The number of para-hydroxylation sites is 3. The summed E-state index contributed by atoms with van der Waals surface area (Å²) in [4.78, 5) is 12.1. The molecule has 9 rings (SSSR count). The second-order valence-electron chi connectivity index (χ2n) is 11.9. The van der Waals surface area contributed by atoms with Crippen molar-refractivity contribution in [2.45, 2.75) is 5.41 Å². The van der Waals surface area contributed by atoms with Crippen LogP contribution in [0.3, 0.4) is 0 Å². The molecular formula is C43H30N4. The molecule has 1 aliphatic heterocycles. The van der Waals surface area contributed by atoms with Crippen LogP contribution in [0, 0.1) is 0 Å². The van der Waals surface area contributed by atoms with Crippen LogP contribution in [0.25, 0.3) is 28.2 Å². The summed E-state index contributed by atoms with van der Waals surface area (Å²) in [6.07, 6.45) is 1.83. The zero-order chi connectivity index (χ0) is 31.2. The van der Waals surface area contributed by atoms with E-state index in [0.717, 1.165) is 45.3 Å². The molecule has 0 saturated heterocycles. The minimum absolute atomic E-state index is 0.486. The molecule has 0 spiro atoms. The maximum Gasteiger partial charge on any atom is 0.164 e. The summed E-state index contributed by atoms with van der Waals surface area (Å²) in [5.41, 5.74) is 11.7. The van der Waals surface area contributed by atoms with Gasteiger partial charge in [0.25, 0.3) is 0 Å². The summed E-state index contributed by atoms with van der Waals surface area (Å²) < 4.78 is 2.14. The largest absolute Gasteiger partial charge is 0.310 e. The molecule has 0 saturated carbocycles. The highest BCUT2D eigenvalue weighted by Crippen LogP contribution is 2.57. The molecule has 1 aliphatic rings. The van der Waals surface area contributed by atoms with Gasteiger partial charge >= 0.3 is 0 Å². The van der Waals surface area contributed by atoms with E-state index in [1.807, 2.05) is 36.5 Å². The van der Waals surface area contributed by atoms with Crippen LogP contribution >= 0.6 is 0 Å². The average Bonchev–Trinajstić information content (AvgIpc) is 3.55. The van der Waals surface area contributed by atoms with Crippen LogP contribution in [0.15, 0.2) is 182 Å². The van der Waals surface area contributed by atoms with E-state index in [1.165, 1.54) is 22.3 Å². The second-order valence-corrected chi connectivity index (χ2v) is 11.9. The maximum absolute atomic E-state index is 5.05. The van der Waals surface area contributed by atoms with Crippen molar-refractivity contribution in [2.24, 2.45) is 0 Å². The molecule has 0 N–H and O–H groups in total. The van der Waals surface area contributed by atoms with E-state index in [-0.39, 0.29) is 0 Å². The summed E-state index contributed by atoms with van der Waals surface area (Å²) in [5.74, 6) is 0.864. The lowest BCUT2D eigenvalue weighted by Crippen LogP contribution is -2.37. The lowest BCUT2D eigenvalue weighted by Gasteiger charge is -2.46. The number of hydrogen-bond donors (Lipinski definition) is 0. The summed E-state index contributed by atoms with van der Waals surface area (Å²) in [5, 5.41) is 0. The molecule has 4 heteroatoms. The maximum atomic E-state index is 5.05. The molecule has 0 atom stereocenters. The highest BCUT2D eigenvalue weighted by atomic mass is 15.2. The Bertz CT molecular complexity index is 2260. The van der Waals surface area contributed by atoms with Gasteiger partial charge in [-0.15, -0.1) is 0 Å². The topological polar surface area (TPSA) is 34.0 Å². The van der Waals surface area contributed by atoms with Gasteiger partial charge in [-0.05, 0) is 82.9 Å². The molecule has 4 nitrogen and oxygen atoms in total. The Hall–Kier alpha value is -6.26. The molecular weight excluding hydrogens is 573 g/mol. The van der Waals surface area contributed by atoms with Crippen molar-refractivity contribution in [3.05, 3.63) is 204 Å². The molecule has 8 aromatic rings. The third-order valence-electron chi connectivity index (χ3n) is 9.33. The van der Waals surface area contributed by atoms with Crippen LogP contribution in [0.2, 0.25) is 0 Å². The van der Waals surface area contributed by atoms with Gasteiger partial charge in [-0.2, -0.15) is 0 Å². The molecule has 0 fully saturated rings.